The largest absolute Gasteiger partial charge is 0.495 e. The first-order chi connectivity index (χ1) is 8.27. The fraction of sp³-hybridized carbons (Fsp3) is 0.538. The van der Waals surface area contributed by atoms with Crippen LogP contribution in [0, 0.1) is 0 Å². The molecule has 0 atom stereocenters. The Labute approximate surface area is 110 Å². The first-order valence-electron chi connectivity index (χ1n) is 6.02. The smallest absolute Gasteiger partial charge is 0.137 e. The highest BCUT2D eigenvalue weighted by molar-refractivity contribution is 9.10. The SMILES string of the molecule is COc1c(Br)cc2c(c1CNO)CCCCC2. The molecule has 1 aromatic rings. The predicted octanol–water partition coefficient (Wildman–Crippen LogP) is 3.21. The summed E-state index contributed by atoms with van der Waals surface area (Å²) in [6.07, 6.45) is 5.95. The van der Waals surface area contributed by atoms with Crippen LogP contribution in [0.2, 0.25) is 0 Å². The topological polar surface area (TPSA) is 41.5 Å². The van der Waals surface area contributed by atoms with E-state index >= 15 is 0 Å². The van der Waals surface area contributed by atoms with Gasteiger partial charge in [-0.2, -0.15) is 0 Å². The molecule has 0 spiro atoms. The Kier molecular flexibility index (Phi) is 4.42. The second kappa shape index (κ2) is 5.85. The maximum atomic E-state index is 8.98. The summed E-state index contributed by atoms with van der Waals surface area (Å²) in [5.74, 6) is 0.840. The molecule has 1 aliphatic carbocycles. The van der Waals surface area contributed by atoms with E-state index in [9.17, 15) is 0 Å². The van der Waals surface area contributed by atoms with Crippen LogP contribution in [0.5, 0.6) is 5.75 Å². The number of hydroxylamine groups is 1. The van der Waals surface area contributed by atoms with Crippen molar-refractivity contribution in [1.29, 1.82) is 0 Å². The van der Waals surface area contributed by atoms with Gasteiger partial charge in [-0.15, -0.1) is 0 Å². The number of aryl methyl sites for hydroxylation is 1. The first kappa shape index (κ1) is 12.9. The monoisotopic (exact) mass is 299 g/mol. The number of hydrogen-bond donors (Lipinski definition) is 2. The molecule has 0 saturated carbocycles. The highest BCUT2D eigenvalue weighted by Gasteiger charge is 2.18. The van der Waals surface area contributed by atoms with Gasteiger partial charge in [0.2, 0.25) is 0 Å². The highest BCUT2D eigenvalue weighted by atomic mass is 79.9. The molecule has 3 nitrogen and oxygen atoms in total. The van der Waals surface area contributed by atoms with Crippen molar-refractivity contribution in [2.75, 3.05) is 7.11 Å². The van der Waals surface area contributed by atoms with Crippen LogP contribution < -0.4 is 10.2 Å². The van der Waals surface area contributed by atoms with E-state index in [2.05, 4.69) is 27.5 Å². The summed E-state index contributed by atoms with van der Waals surface area (Å²) in [6.45, 7) is 0.435. The van der Waals surface area contributed by atoms with Crippen molar-refractivity contribution < 1.29 is 9.94 Å². The molecule has 0 aliphatic heterocycles. The Balaban J connectivity index is 2.53. The molecular formula is C13H18BrNO2. The zero-order valence-corrected chi connectivity index (χ0v) is 11.6. The fourth-order valence-electron chi connectivity index (χ4n) is 2.60. The van der Waals surface area contributed by atoms with E-state index in [-0.39, 0.29) is 0 Å². The van der Waals surface area contributed by atoms with Gasteiger partial charge in [0.05, 0.1) is 11.6 Å². The lowest BCUT2D eigenvalue weighted by Gasteiger charge is -2.17. The molecule has 0 fully saturated rings. The minimum atomic E-state index is 0.435. The molecule has 17 heavy (non-hydrogen) atoms. The number of ether oxygens (including phenoxy) is 1. The van der Waals surface area contributed by atoms with E-state index < -0.39 is 0 Å². The molecule has 0 radical (unpaired) electrons. The summed E-state index contributed by atoms with van der Waals surface area (Å²) in [5, 5.41) is 8.98. The van der Waals surface area contributed by atoms with Gasteiger partial charge < -0.3 is 9.94 Å². The van der Waals surface area contributed by atoms with Crippen molar-refractivity contribution in [1.82, 2.24) is 5.48 Å². The second-order valence-electron chi connectivity index (χ2n) is 4.40. The van der Waals surface area contributed by atoms with Crippen LogP contribution in [0.15, 0.2) is 10.5 Å². The van der Waals surface area contributed by atoms with E-state index in [1.807, 2.05) is 0 Å². The summed E-state index contributed by atoms with van der Waals surface area (Å²) in [5.41, 5.74) is 6.08. The normalized spacial score (nSPS) is 15.2. The van der Waals surface area contributed by atoms with E-state index in [4.69, 9.17) is 9.94 Å². The molecule has 1 aliphatic rings. The Morgan fingerprint density at radius 2 is 2.12 bits per heavy atom. The summed E-state index contributed by atoms with van der Waals surface area (Å²) >= 11 is 3.55. The molecule has 0 aromatic heterocycles. The summed E-state index contributed by atoms with van der Waals surface area (Å²) < 4.78 is 6.42. The Morgan fingerprint density at radius 3 is 2.82 bits per heavy atom. The molecule has 0 heterocycles. The van der Waals surface area contributed by atoms with Crippen LogP contribution in [-0.2, 0) is 19.4 Å². The molecule has 2 N–H and O–H groups in total. The number of methoxy groups -OCH3 is 1. The van der Waals surface area contributed by atoms with Gasteiger partial charge in [-0.1, -0.05) is 6.42 Å². The number of rotatable bonds is 3. The lowest BCUT2D eigenvalue weighted by atomic mass is 9.96. The third kappa shape index (κ3) is 2.64. The van der Waals surface area contributed by atoms with Gasteiger partial charge in [-0.05, 0) is 58.8 Å². The second-order valence-corrected chi connectivity index (χ2v) is 5.26. The van der Waals surface area contributed by atoms with E-state index in [1.165, 1.54) is 30.4 Å². The summed E-state index contributed by atoms with van der Waals surface area (Å²) in [7, 11) is 1.67. The van der Waals surface area contributed by atoms with Crippen molar-refractivity contribution in [3.8, 4) is 5.75 Å². The number of hydrogen-bond acceptors (Lipinski definition) is 3. The van der Waals surface area contributed by atoms with Crippen LogP contribution >= 0.6 is 15.9 Å². The molecular weight excluding hydrogens is 282 g/mol. The zero-order valence-electron chi connectivity index (χ0n) is 10.1. The molecule has 2 rings (SSSR count). The van der Waals surface area contributed by atoms with Crippen LogP contribution in [-0.4, -0.2) is 12.3 Å². The van der Waals surface area contributed by atoms with Gasteiger partial charge in [-0.3, -0.25) is 0 Å². The molecule has 4 heteroatoms. The van der Waals surface area contributed by atoms with Crippen molar-refractivity contribution in [3.05, 3.63) is 27.2 Å². The fourth-order valence-corrected chi connectivity index (χ4v) is 3.27. The third-order valence-electron chi connectivity index (χ3n) is 3.38. The van der Waals surface area contributed by atoms with Crippen LogP contribution in [0.1, 0.15) is 36.0 Å². The maximum Gasteiger partial charge on any atom is 0.137 e. The summed E-state index contributed by atoms with van der Waals surface area (Å²) in [6, 6.07) is 2.17. The quantitative estimate of drug-likeness (QED) is 0.665. The minimum absolute atomic E-state index is 0.435. The molecule has 94 valence electrons. The van der Waals surface area contributed by atoms with Crippen molar-refractivity contribution in [3.63, 3.8) is 0 Å². The van der Waals surface area contributed by atoms with Gasteiger partial charge in [-0.25, -0.2) is 5.48 Å². The van der Waals surface area contributed by atoms with Crippen molar-refractivity contribution >= 4 is 15.9 Å². The average molecular weight is 300 g/mol. The number of fused-ring (bicyclic) bond motifs is 1. The Bertz CT molecular complexity index is 407. The Hall–Kier alpha value is -0.580. The molecule has 1 aromatic carbocycles. The lowest BCUT2D eigenvalue weighted by Crippen LogP contribution is -2.12. The van der Waals surface area contributed by atoms with Crippen molar-refractivity contribution in [2.45, 2.75) is 38.6 Å². The number of nitrogens with one attached hydrogen (secondary N) is 1. The molecule has 0 bridgehead atoms. The molecule has 0 amide bonds. The average Bonchev–Trinajstić information content (AvgIpc) is 2.54. The minimum Gasteiger partial charge on any atom is -0.495 e. The summed E-state index contributed by atoms with van der Waals surface area (Å²) in [4.78, 5) is 0. The lowest BCUT2D eigenvalue weighted by molar-refractivity contribution is 0.159. The van der Waals surface area contributed by atoms with Gasteiger partial charge in [0.15, 0.2) is 0 Å². The first-order valence-corrected chi connectivity index (χ1v) is 6.81. The molecule has 0 unspecified atom stereocenters. The standard InChI is InChI=1S/C13H18BrNO2/c1-17-13-11(8-15-16)10-6-4-2-3-5-9(10)7-12(13)14/h7,15-16H,2-6,8H2,1H3. The van der Waals surface area contributed by atoms with Gasteiger partial charge in [0.1, 0.15) is 5.75 Å². The van der Waals surface area contributed by atoms with Gasteiger partial charge in [0.25, 0.3) is 0 Å². The predicted molar refractivity (Wildman–Crippen MR) is 70.6 cm³/mol. The van der Waals surface area contributed by atoms with Crippen LogP contribution in [0.3, 0.4) is 0 Å². The van der Waals surface area contributed by atoms with Crippen LogP contribution in [0.4, 0.5) is 0 Å². The molecule has 0 saturated heterocycles. The zero-order chi connectivity index (χ0) is 12.3. The van der Waals surface area contributed by atoms with Gasteiger partial charge in [0, 0.05) is 12.1 Å². The highest BCUT2D eigenvalue weighted by Crippen LogP contribution is 2.36. The maximum absolute atomic E-state index is 8.98. The third-order valence-corrected chi connectivity index (χ3v) is 3.97. The van der Waals surface area contributed by atoms with E-state index in [0.29, 0.717) is 6.54 Å². The number of benzene rings is 1. The Morgan fingerprint density at radius 1 is 1.35 bits per heavy atom. The van der Waals surface area contributed by atoms with E-state index in [1.54, 1.807) is 7.11 Å². The van der Waals surface area contributed by atoms with Gasteiger partial charge >= 0.3 is 0 Å². The van der Waals surface area contributed by atoms with Crippen molar-refractivity contribution in [2.24, 2.45) is 0 Å². The van der Waals surface area contributed by atoms with Crippen LogP contribution in [0.25, 0.3) is 0 Å². The van der Waals surface area contributed by atoms with E-state index in [0.717, 1.165) is 28.6 Å². The number of halogens is 1.